The number of rotatable bonds is 5. The Morgan fingerprint density at radius 3 is 2.50 bits per heavy atom. The van der Waals surface area contributed by atoms with Crippen LogP contribution in [0.3, 0.4) is 0 Å². The van der Waals surface area contributed by atoms with Crippen molar-refractivity contribution in [3.8, 4) is 0 Å². The molecule has 0 spiro atoms. The first-order valence-corrected chi connectivity index (χ1v) is 5.62. The van der Waals surface area contributed by atoms with E-state index in [1.165, 1.54) is 0 Å². The van der Waals surface area contributed by atoms with E-state index in [9.17, 15) is 9.59 Å². The fourth-order valence-corrected chi connectivity index (χ4v) is 1.18. The number of amides is 3. The van der Waals surface area contributed by atoms with Crippen LogP contribution in [0.1, 0.15) is 6.92 Å². The summed E-state index contributed by atoms with van der Waals surface area (Å²) in [6.07, 6.45) is -0.605. The second kappa shape index (κ2) is 7.29. The zero-order valence-corrected chi connectivity index (χ0v) is 10.1. The molecule has 0 unspecified atom stereocenters. The summed E-state index contributed by atoms with van der Waals surface area (Å²) in [6, 6.07) is 8.47. The molecule has 6 nitrogen and oxygen atoms in total. The molecule has 0 aliphatic carbocycles. The van der Waals surface area contributed by atoms with Gasteiger partial charge in [-0.25, -0.2) is 4.79 Å². The number of aliphatic hydroxyl groups is 1. The minimum absolute atomic E-state index is 0.134. The number of hydrogen-bond acceptors (Lipinski definition) is 3. The molecule has 1 aromatic rings. The van der Waals surface area contributed by atoms with Crippen LogP contribution in [0.2, 0.25) is 0 Å². The molecule has 0 aliphatic rings. The molecule has 0 aromatic heterocycles. The molecule has 4 N–H and O–H groups in total. The first-order valence-electron chi connectivity index (χ1n) is 5.62. The second-order valence-corrected chi connectivity index (χ2v) is 3.83. The van der Waals surface area contributed by atoms with Gasteiger partial charge in [0.2, 0.25) is 5.91 Å². The average molecular weight is 251 g/mol. The molecule has 0 heterocycles. The second-order valence-electron chi connectivity index (χ2n) is 3.83. The van der Waals surface area contributed by atoms with Gasteiger partial charge in [0.05, 0.1) is 12.6 Å². The van der Waals surface area contributed by atoms with Crippen molar-refractivity contribution < 1.29 is 14.7 Å². The van der Waals surface area contributed by atoms with Gasteiger partial charge in [-0.05, 0) is 19.1 Å². The maximum Gasteiger partial charge on any atom is 0.319 e. The van der Waals surface area contributed by atoms with Gasteiger partial charge in [-0.1, -0.05) is 18.2 Å². The number of benzene rings is 1. The van der Waals surface area contributed by atoms with E-state index >= 15 is 0 Å². The highest BCUT2D eigenvalue weighted by Gasteiger charge is 2.05. The Kier molecular flexibility index (Phi) is 5.66. The largest absolute Gasteiger partial charge is 0.392 e. The van der Waals surface area contributed by atoms with Crippen molar-refractivity contribution in [1.82, 2.24) is 10.6 Å². The Morgan fingerprint density at radius 1 is 1.22 bits per heavy atom. The first-order chi connectivity index (χ1) is 8.58. The van der Waals surface area contributed by atoms with Gasteiger partial charge in [-0.2, -0.15) is 0 Å². The van der Waals surface area contributed by atoms with Crippen LogP contribution >= 0.6 is 0 Å². The van der Waals surface area contributed by atoms with Crippen molar-refractivity contribution >= 4 is 17.6 Å². The predicted octanol–water partition coefficient (Wildman–Crippen LogP) is 0.305. The number of hydrogen-bond donors (Lipinski definition) is 4. The van der Waals surface area contributed by atoms with Gasteiger partial charge in [0.1, 0.15) is 0 Å². The lowest BCUT2D eigenvalue weighted by Crippen LogP contribution is -2.40. The van der Waals surface area contributed by atoms with Crippen LogP contribution in [0.25, 0.3) is 0 Å². The standard InChI is InChI=1S/C12H17N3O3/c1-9(16)7-13-11(17)8-14-12(18)15-10-5-3-2-4-6-10/h2-6,9,16H,7-8H2,1H3,(H,13,17)(H2,14,15,18)/t9-/m0/s1. The Labute approximate surface area is 105 Å². The van der Waals surface area contributed by atoms with E-state index in [0.717, 1.165) is 0 Å². The third-order valence-electron chi connectivity index (χ3n) is 2.04. The fourth-order valence-electron chi connectivity index (χ4n) is 1.18. The van der Waals surface area contributed by atoms with Crippen LogP contribution in [0.15, 0.2) is 30.3 Å². The average Bonchev–Trinajstić information content (AvgIpc) is 2.35. The van der Waals surface area contributed by atoms with Crippen LogP contribution in [0, 0.1) is 0 Å². The van der Waals surface area contributed by atoms with Crippen LogP contribution < -0.4 is 16.0 Å². The van der Waals surface area contributed by atoms with E-state index in [2.05, 4.69) is 16.0 Å². The highest BCUT2D eigenvalue weighted by molar-refractivity contribution is 5.92. The van der Waals surface area contributed by atoms with Gasteiger partial charge < -0.3 is 21.1 Å². The topological polar surface area (TPSA) is 90.5 Å². The smallest absolute Gasteiger partial charge is 0.319 e. The van der Waals surface area contributed by atoms with Crippen LogP contribution in [-0.2, 0) is 4.79 Å². The summed E-state index contributed by atoms with van der Waals surface area (Å²) in [5.41, 5.74) is 0.652. The van der Waals surface area contributed by atoms with Crippen LogP contribution in [0.5, 0.6) is 0 Å². The molecule has 1 atom stereocenters. The Morgan fingerprint density at radius 2 is 1.89 bits per heavy atom. The van der Waals surface area contributed by atoms with Gasteiger partial charge in [0, 0.05) is 12.2 Å². The van der Waals surface area contributed by atoms with Crippen molar-refractivity contribution in [1.29, 1.82) is 0 Å². The summed E-state index contributed by atoms with van der Waals surface area (Å²) in [5.74, 6) is -0.348. The molecule has 98 valence electrons. The van der Waals surface area contributed by atoms with Crippen molar-refractivity contribution in [2.24, 2.45) is 0 Å². The molecule has 0 bridgehead atoms. The molecule has 0 saturated heterocycles. The lowest BCUT2D eigenvalue weighted by Gasteiger charge is -2.09. The normalized spacial score (nSPS) is 11.4. The van der Waals surface area contributed by atoms with Crippen molar-refractivity contribution in [3.05, 3.63) is 30.3 Å². The highest BCUT2D eigenvalue weighted by atomic mass is 16.3. The third-order valence-corrected chi connectivity index (χ3v) is 2.04. The SMILES string of the molecule is C[C@H](O)CNC(=O)CNC(=O)Nc1ccccc1. The lowest BCUT2D eigenvalue weighted by molar-refractivity contribution is -0.120. The van der Waals surface area contributed by atoms with E-state index < -0.39 is 12.1 Å². The van der Waals surface area contributed by atoms with E-state index in [1.54, 1.807) is 31.2 Å². The molecule has 6 heteroatoms. The van der Waals surface area contributed by atoms with Crippen molar-refractivity contribution in [2.75, 3.05) is 18.4 Å². The number of aliphatic hydroxyl groups excluding tert-OH is 1. The van der Waals surface area contributed by atoms with Gasteiger partial charge in [-0.15, -0.1) is 0 Å². The summed E-state index contributed by atoms with van der Waals surface area (Å²) in [7, 11) is 0. The van der Waals surface area contributed by atoms with E-state index in [1.807, 2.05) is 6.07 Å². The summed E-state index contributed by atoms with van der Waals surface area (Å²) >= 11 is 0. The molecule has 18 heavy (non-hydrogen) atoms. The third kappa shape index (κ3) is 5.86. The molecule has 1 aromatic carbocycles. The quantitative estimate of drug-likeness (QED) is 0.607. The minimum Gasteiger partial charge on any atom is -0.392 e. The lowest BCUT2D eigenvalue weighted by atomic mass is 10.3. The van der Waals surface area contributed by atoms with Crippen molar-refractivity contribution in [2.45, 2.75) is 13.0 Å². The highest BCUT2D eigenvalue weighted by Crippen LogP contribution is 2.03. The maximum atomic E-state index is 11.4. The monoisotopic (exact) mass is 251 g/mol. The number of urea groups is 1. The van der Waals surface area contributed by atoms with Gasteiger partial charge >= 0.3 is 6.03 Å². The number of nitrogens with one attached hydrogen (secondary N) is 3. The molecule has 0 saturated carbocycles. The summed E-state index contributed by atoms with van der Waals surface area (Å²) in [5, 5.41) is 16.4. The molecule has 1 rings (SSSR count). The molecular weight excluding hydrogens is 234 g/mol. The summed E-state index contributed by atoms with van der Waals surface area (Å²) in [6.45, 7) is 1.60. The Hall–Kier alpha value is -2.08. The first kappa shape index (κ1) is 14.0. The van der Waals surface area contributed by atoms with E-state index in [0.29, 0.717) is 5.69 Å². The van der Waals surface area contributed by atoms with Gasteiger partial charge in [0.15, 0.2) is 0 Å². The fraction of sp³-hybridized carbons (Fsp3) is 0.333. The minimum atomic E-state index is -0.605. The zero-order valence-electron chi connectivity index (χ0n) is 10.1. The molecule has 0 aliphatic heterocycles. The summed E-state index contributed by atoms with van der Waals surface area (Å²) in [4.78, 5) is 22.6. The molecular formula is C12H17N3O3. The Balaban J connectivity index is 2.23. The Bertz CT molecular complexity index is 393. The molecule has 3 amide bonds. The summed E-state index contributed by atoms with van der Waals surface area (Å²) < 4.78 is 0. The number of carbonyl (C=O) groups excluding carboxylic acids is 2. The van der Waals surface area contributed by atoms with Crippen LogP contribution in [0.4, 0.5) is 10.5 Å². The molecule has 0 radical (unpaired) electrons. The number of para-hydroxylation sites is 1. The van der Waals surface area contributed by atoms with E-state index in [4.69, 9.17) is 5.11 Å². The van der Waals surface area contributed by atoms with Gasteiger partial charge in [0.25, 0.3) is 0 Å². The predicted molar refractivity (Wildman–Crippen MR) is 68.2 cm³/mol. The van der Waals surface area contributed by atoms with Gasteiger partial charge in [-0.3, -0.25) is 4.79 Å². The van der Waals surface area contributed by atoms with E-state index in [-0.39, 0.29) is 19.0 Å². The zero-order chi connectivity index (χ0) is 13.4. The number of carbonyl (C=O) groups is 2. The number of anilines is 1. The van der Waals surface area contributed by atoms with Crippen molar-refractivity contribution in [3.63, 3.8) is 0 Å². The molecule has 0 fully saturated rings. The maximum absolute atomic E-state index is 11.4. The van der Waals surface area contributed by atoms with Crippen LogP contribution in [-0.4, -0.2) is 36.2 Å².